The van der Waals surface area contributed by atoms with Gasteiger partial charge in [-0.1, -0.05) is 32.9 Å². The molecule has 1 aliphatic heterocycles. The summed E-state index contributed by atoms with van der Waals surface area (Å²) in [5, 5.41) is 2.99. The highest BCUT2D eigenvalue weighted by molar-refractivity contribution is 6.00. The maximum atomic E-state index is 12.3. The van der Waals surface area contributed by atoms with E-state index in [-0.39, 0.29) is 17.7 Å². The average Bonchev–Trinajstić information content (AvgIpc) is 3.03. The van der Waals surface area contributed by atoms with E-state index in [2.05, 4.69) is 31.0 Å². The van der Waals surface area contributed by atoms with E-state index in [9.17, 15) is 9.59 Å². The molecule has 0 unspecified atom stereocenters. The van der Waals surface area contributed by atoms with Crippen LogP contribution >= 0.6 is 0 Å². The molecule has 2 rings (SSSR count). The maximum absolute atomic E-state index is 12.3. The van der Waals surface area contributed by atoms with Crippen LogP contribution in [0.4, 0.5) is 5.69 Å². The minimum Gasteiger partial charge on any atom is -0.356 e. The molecular formula is C20H31N3O2. The lowest BCUT2D eigenvalue weighted by atomic mass is 10.1. The second-order valence-corrected chi connectivity index (χ2v) is 6.60. The van der Waals surface area contributed by atoms with Crippen LogP contribution in [0.5, 0.6) is 0 Å². The molecule has 1 heterocycles. The van der Waals surface area contributed by atoms with Crippen molar-refractivity contribution in [3.05, 3.63) is 29.8 Å². The van der Waals surface area contributed by atoms with Gasteiger partial charge >= 0.3 is 0 Å². The molecule has 0 spiro atoms. The third-order valence-electron chi connectivity index (χ3n) is 5.00. The Hall–Kier alpha value is -1.88. The zero-order chi connectivity index (χ0) is 18.2. The lowest BCUT2D eigenvalue weighted by molar-refractivity contribution is -0.126. The number of carbonyl (C=O) groups is 2. The zero-order valence-electron chi connectivity index (χ0n) is 15.8. The molecule has 0 aliphatic carbocycles. The van der Waals surface area contributed by atoms with E-state index >= 15 is 0 Å². The molecule has 1 fully saturated rings. The van der Waals surface area contributed by atoms with Crippen molar-refractivity contribution in [3.63, 3.8) is 0 Å². The molecule has 5 heteroatoms. The Morgan fingerprint density at radius 3 is 2.48 bits per heavy atom. The summed E-state index contributed by atoms with van der Waals surface area (Å²) in [4.78, 5) is 28.7. The molecular weight excluding hydrogens is 314 g/mol. The van der Waals surface area contributed by atoms with E-state index in [1.54, 1.807) is 4.90 Å². The molecule has 25 heavy (non-hydrogen) atoms. The minimum absolute atomic E-state index is 0.000533. The van der Waals surface area contributed by atoms with E-state index in [0.29, 0.717) is 19.5 Å². The lowest BCUT2D eigenvalue weighted by Crippen LogP contribution is -2.35. The molecule has 1 N–H and O–H groups in total. The van der Waals surface area contributed by atoms with Crippen LogP contribution in [0.2, 0.25) is 0 Å². The molecule has 138 valence electrons. The van der Waals surface area contributed by atoms with E-state index in [0.717, 1.165) is 38.2 Å². The van der Waals surface area contributed by atoms with Crippen molar-refractivity contribution in [2.75, 3.05) is 37.6 Å². The highest BCUT2D eigenvalue weighted by Crippen LogP contribution is 2.25. The van der Waals surface area contributed by atoms with Crippen molar-refractivity contribution in [1.82, 2.24) is 10.2 Å². The first-order chi connectivity index (χ1) is 12.1. The van der Waals surface area contributed by atoms with Gasteiger partial charge in [-0.05, 0) is 50.2 Å². The van der Waals surface area contributed by atoms with E-state index in [4.69, 9.17) is 0 Å². The van der Waals surface area contributed by atoms with Gasteiger partial charge in [0.25, 0.3) is 0 Å². The van der Waals surface area contributed by atoms with Gasteiger partial charge in [0.1, 0.15) is 0 Å². The van der Waals surface area contributed by atoms with Gasteiger partial charge in [-0.2, -0.15) is 0 Å². The largest absolute Gasteiger partial charge is 0.356 e. The first-order valence-electron chi connectivity index (χ1n) is 9.48. The van der Waals surface area contributed by atoms with E-state index in [1.807, 2.05) is 24.3 Å². The quantitative estimate of drug-likeness (QED) is 0.700. The van der Waals surface area contributed by atoms with Crippen LogP contribution in [0.15, 0.2) is 24.3 Å². The van der Waals surface area contributed by atoms with Gasteiger partial charge in [0.2, 0.25) is 11.8 Å². The standard InChI is InChI=1S/C20H31N3O2/c1-4-16-8-10-18(11-9-16)23-15-17(14-19(23)24)20(25)21-12-7-13-22(5-2)6-3/h8-11,17H,4-7,12-15H2,1-3H3,(H,21,25)/t17-/m0/s1. The first kappa shape index (κ1) is 19.4. The molecule has 0 bridgehead atoms. The van der Waals surface area contributed by atoms with Crippen LogP contribution in [0, 0.1) is 5.92 Å². The Labute approximate surface area is 151 Å². The van der Waals surface area contributed by atoms with Gasteiger partial charge in [0, 0.05) is 25.2 Å². The normalized spacial score (nSPS) is 17.4. The summed E-state index contributed by atoms with van der Waals surface area (Å²) in [5.74, 6) is -0.208. The molecule has 1 aromatic rings. The topological polar surface area (TPSA) is 52.7 Å². The van der Waals surface area contributed by atoms with Crippen molar-refractivity contribution in [3.8, 4) is 0 Å². The number of hydrogen-bond acceptors (Lipinski definition) is 3. The predicted octanol–water partition coefficient (Wildman–Crippen LogP) is 2.45. The van der Waals surface area contributed by atoms with Gasteiger partial charge in [-0.25, -0.2) is 0 Å². The summed E-state index contributed by atoms with van der Waals surface area (Å²) in [6.45, 7) is 10.6. The molecule has 1 saturated heterocycles. The fourth-order valence-corrected chi connectivity index (χ4v) is 3.24. The number of benzene rings is 1. The van der Waals surface area contributed by atoms with Crippen LogP contribution in [0.1, 0.15) is 39.2 Å². The summed E-state index contributed by atoms with van der Waals surface area (Å²) >= 11 is 0. The first-order valence-corrected chi connectivity index (χ1v) is 9.48. The second-order valence-electron chi connectivity index (χ2n) is 6.60. The molecule has 0 radical (unpaired) electrons. The molecule has 1 atom stereocenters. The Bertz CT molecular complexity index is 567. The number of aryl methyl sites for hydroxylation is 1. The molecule has 1 aliphatic rings. The molecule has 0 saturated carbocycles. The maximum Gasteiger partial charge on any atom is 0.227 e. The summed E-state index contributed by atoms with van der Waals surface area (Å²) < 4.78 is 0. The number of nitrogens with one attached hydrogen (secondary N) is 1. The number of carbonyl (C=O) groups excluding carboxylic acids is 2. The Morgan fingerprint density at radius 2 is 1.88 bits per heavy atom. The van der Waals surface area contributed by atoms with Crippen molar-refractivity contribution >= 4 is 17.5 Å². The van der Waals surface area contributed by atoms with Crippen LogP contribution in [0.3, 0.4) is 0 Å². The molecule has 1 aromatic carbocycles. The predicted molar refractivity (Wildman–Crippen MR) is 102 cm³/mol. The van der Waals surface area contributed by atoms with Gasteiger partial charge in [-0.3, -0.25) is 9.59 Å². The molecule has 2 amide bonds. The number of hydrogen-bond donors (Lipinski definition) is 1. The van der Waals surface area contributed by atoms with Crippen molar-refractivity contribution < 1.29 is 9.59 Å². The third-order valence-corrected chi connectivity index (χ3v) is 5.00. The van der Waals surface area contributed by atoms with Gasteiger partial charge < -0.3 is 15.1 Å². The van der Waals surface area contributed by atoms with Crippen LogP contribution in [-0.4, -0.2) is 49.4 Å². The third kappa shape index (κ3) is 5.30. The summed E-state index contributed by atoms with van der Waals surface area (Å²) in [6, 6.07) is 8.04. The van der Waals surface area contributed by atoms with E-state index in [1.165, 1.54) is 5.56 Å². The smallest absolute Gasteiger partial charge is 0.227 e. The summed E-state index contributed by atoms with van der Waals surface area (Å²) in [6.07, 6.45) is 2.22. The summed E-state index contributed by atoms with van der Waals surface area (Å²) in [7, 11) is 0. The lowest BCUT2D eigenvalue weighted by Gasteiger charge is -2.18. The Balaban J connectivity index is 1.81. The van der Waals surface area contributed by atoms with Crippen molar-refractivity contribution in [1.29, 1.82) is 0 Å². The van der Waals surface area contributed by atoms with E-state index < -0.39 is 0 Å². The van der Waals surface area contributed by atoms with Crippen LogP contribution in [0.25, 0.3) is 0 Å². The zero-order valence-corrected chi connectivity index (χ0v) is 15.8. The minimum atomic E-state index is -0.244. The Morgan fingerprint density at radius 1 is 1.20 bits per heavy atom. The second kappa shape index (κ2) is 9.56. The summed E-state index contributed by atoms with van der Waals surface area (Å²) in [5.41, 5.74) is 2.14. The molecule has 5 nitrogen and oxygen atoms in total. The van der Waals surface area contributed by atoms with Crippen LogP contribution < -0.4 is 10.2 Å². The number of anilines is 1. The van der Waals surface area contributed by atoms with Gasteiger partial charge in [-0.15, -0.1) is 0 Å². The average molecular weight is 345 g/mol. The highest BCUT2D eigenvalue weighted by Gasteiger charge is 2.34. The van der Waals surface area contributed by atoms with Crippen molar-refractivity contribution in [2.24, 2.45) is 5.92 Å². The number of amides is 2. The number of nitrogens with zero attached hydrogens (tertiary/aromatic N) is 2. The fraction of sp³-hybridized carbons (Fsp3) is 0.600. The van der Waals surface area contributed by atoms with Gasteiger partial charge in [0.15, 0.2) is 0 Å². The van der Waals surface area contributed by atoms with Crippen molar-refractivity contribution in [2.45, 2.75) is 40.0 Å². The SMILES string of the molecule is CCc1ccc(N2C[C@@H](C(=O)NCCCN(CC)CC)CC2=O)cc1. The van der Waals surface area contributed by atoms with Gasteiger partial charge in [0.05, 0.1) is 5.92 Å². The number of rotatable bonds is 9. The Kier molecular flexibility index (Phi) is 7.44. The van der Waals surface area contributed by atoms with Crippen LogP contribution in [-0.2, 0) is 16.0 Å². The monoisotopic (exact) mass is 345 g/mol. The highest BCUT2D eigenvalue weighted by atomic mass is 16.2. The fourth-order valence-electron chi connectivity index (χ4n) is 3.24. The molecule has 0 aromatic heterocycles.